The zero-order valence-electron chi connectivity index (χ0n) is 15.5. The third-order valence-electron chi connectivity index (χ3n) is 5.22. The van der Waals surface area contributed by atoms with Crippen molar-refractivity contribution in [2.24, 2.45) is 5.92 Å². The second-order valence-electron chi connectivity index (χ2n) is 7.26. The van der Waals surface area contributed by atoms with E-state index in [-0.39, 0.29) is 12.2 Å². The molecule has 0 bridgehead atoms. The van der Waals surface area contributed by atoms with E-state index in [4.69, 9.17) is 4.74 Å². The molecule has 6 heteroatoms. The summed E-state index contributed by atoms with van der Waals surface area (Å²) in [5, 5.41) is 0.687. The van der Waals surface area contributed by atoms with Crippen LogP contribution in [0.3, 0.4) is 0 Å². The van der Waals surface area contributed by atoms with E-state index in [1.54, 1.807) is 18.3 Å². The van der Waals surface area contributed by atoms with Crippen LogP contribution in [0.1, 0.15) is 42.3 Å². The number of benzene rings is 1. The first-order valence-electron chi connectivity index (χ1n) is 9.26. The summed E-state index contributed by atoms with van der Waals surface area (Å²) >= 11 is 1.61. The molecule has 2 atom stereocenters. The molecule has 0 amide bonds. The minimum absolute atomic E-state index is 0.142. The zero-order valence-corrected chi connectivity index (χ0v) is 16.3. The molecule has 0 saturated carbocycles. The summed E-state index contributed by atoms with van der Waals surface area (Å²) < 4.78 is 6.80. The van der Waals surface area contributed by atoms with Crippen LogP contribution in [0.25, 0.3) is 10.2 Å². The maximum Gasteiger partial charge on any atom is 0.329 e. The molecule has 0 N–H and O–H groups in total. The Balaban J connectivity index is 1.60. The third kappa shape index (κ3) is 3.41. The van der Waals surface area contributed by atoms with Crippen molar-refractivity contribution < 1.29 is 9.53 Å². The number of nitrogens with zero attached hydrogens (tertiary/aromatic N) is 2. The van der Waals surface area contributed by atoms with Crippen molar-refractivity contribution in [1.29, 1.82) is 0 Å². The van der Waals surface area contributed by atoms with Gasteiger partial charge in [-0.2, -0.15) is 0 Å². The molecule has 4 rings (SSSR count). The fourth-order valence-electron chi connectivity index (χ4n) is 3.58. The van der Waals surface area contributed by atoms with Crippen LogP contribution in [0.15, 0.2) is 41.5 Å². The molecule has 0 saturated heterocycles. The number of aromatic nitrogens is 2. The predicted molar refractivity (Wildman–Crippen MR) is 106 cm³/mol. The van der Waals surface area contributed by atoms with Crippen molar-refractivity contribution in [3.63, 3.8) is 0 Å². The highest BCUT2D eigenvalue weighted by atomic mass is 32.1. The Morgan fingerprint density at radius 3 is 2.93 bits per heavy atom. The molecule has 0 spiro atoms. The van der Waals surface area contributed by atoms with Gasteiger partial charge in [-0.15, -0.1) is 11.3 Å². The molecule has 0 fully saturated rings. The van der Waals surface area contributed by atoms with E-state index in [0.29, 0.717) is 11.3 Å². The Bertz CT molecular complexity index is 1040. The minimum Gasteiger partial charge on any atom is -0.459 e. The van der Waals surface area contributed by atoms with E-state index < -0.39 is 12.0 Å². The highest BCUT2D eigenvalue weighted by molar-refractivity contribution is 7.18. The van der Waals surface area contributed by atoms with Crippen LogP contribution < -0.4 is 5.56 Å². The molecule has 1 aromatic carbocycles. The maximum atomic E-state index is 13.1. The molecule has 27 heavy (non-hydrogen) atoms. The summed E-state index contributed by atoms with van der Waals surface area (Å²) in [7, 11) is 0. The number of ether oxygens (including phenoxy) is 1. The Hall–Kier alpha value is -2.47. The van der Waals surface area contributed by atoms with Crippen LogP contribution >= 0.6 is 11.3 Å². The van der Waals surface area contributed by atoms with Crippen LogP contribution in [-0.4, -0.2) is 15.5 Å². The molecule has 1 aliphatic carbocycles. The number of thiophene rings is 1. The van der Waals surface area contributed by atoms with Crippen molar-refractivity contribution in [2.45, 2.75) is 45.8 Å². The van der Waals surface area contributed by atoms with Gasteiger partial charge < -0.3 is 4.74 Å². The number of aryl methyl sites for hydroxylation is 1. The smallest absolute Gasteiger partial charge is 0.329 e. The van der Waals surface area contributed by atoms with Gasteiger partial charge in [0, 0.05) is 4.88 Å². The van der Waals surface area contributed by atoms with Gasteiger partial charge in [-0.25, -0.2) is 9.78 Å². The van der Waals surface area contributed by atoms with E-state index in [0.717, 1.165) is 35.2 Å². The first kappa shape index (κ1) is 17.9. The van der Waals surface area contributed by atoms with Gasteiger partial charge in [0.05, 0.1) is 11.7 Å². The summed E-state index contributed by atoms with van der Waals surface area (Å²) in [6, 6.07) is 8.80. The fraction of sp³-hybridized carbons (Fsp3) is 0.381. The molecule has 2 aromatic heterocycles. The molecule has 2 heterocycles. The lowest BCUT2D eigenvalue weighted by Gasteiger charge is -2.18. The third-order valence-corrected chi connectivity index (χ3v) is 6.39. The van der Waals surface area contributed by atoms with E-state index in [1.165, 1.54) is 15.8 Å². The van der Waals surface area contributed by atoms with Crippen molar-refractivity contribution >= 4 is 27.5 Å². The van der Waals surface area contributed by atoms with E-state index in [2.05, 4.69) is 11.9 Å². The number of rotatable bonds is 4. The monoisotopic (exact) mass is 382 g/mol. The molecular formula is C21H22N2O3S. The Morgan fingerprint density at radius 1 is 1.37 bits per heavy atom. The van der Waals surface area contributed by atoms with Crippen molar-refractivity contribution in [3.8, 4) is 0 Å². The number of fused-ring (bicyclic) bond motifs is 3. The van der Waals surface area contributed by atoms with Crippen molar-refractivity contribution in [1.82, 2.24) is 9.55 Å². The van der Waals surface area contributed by atoms with Gasteiger partial charge >= 0.3 is 5.97 Å². The lowest BCUT2D eigenvalue weighted by atomic mass is 9.89. The van der Waals surface area contributed by atoms with E-state index >= 15 is 0 Å². The van der Waals surface area contributed by atoms with Crippen LogP contribution in [0.2, 0.25) is 0 Å². The van der Waals surface area contributed by atoms with Gasteiger partial charge in [0.2, 0.25) is 0 Å². The van der Waals surface area contributed by atoms with E-state index in [1.807, 2.05) is 30.3 Å². The minimum atomic E-state index is -0.712. The largest absolute Gasteiger partial charge is 0.459 e. The number of hydrogen-bond acceptors (Lipinski definition) is 5. The quantitative estimate of drug-likeness (QED) is 0.643. The Kier molecular flexibility index (Phi) is 4.83. The lowest BCUT2D eigenvalue weighted by molar-refractivity contribution is -0.148. The number of esters is 1. The van der Waals surface area contributed by atoms with E-state index in [9.17, 15) is 9.59 Å². The highest BCUT2D eigenvalue weighted by Gasteiger charge is 2.25. The molecule has 5 nitrogen and oxygen atoms in total. The summed E-state index contributed by atoms with van der Waals surface area (Å²) in [6.45, 7) is 4.12. The summed E-state index contributed by atoms with van der Waals surface area (Å²) in [5.74, 6) is 0.208. The molecule has 0 unspecified atom stereocenters. The van der Waals surface area contributed by atoms with Gasteiger partial charge in [0.15, 0.2) is 0 Å². The van der Waals surface area contributed by atoms with Gasteiger partial charge in [-0.3, -0.25) is 9.36 Å². The molecule has 1 aliphatic rings. The maximum absolute atomic E-state index is 13.1. The molecule has 0 aliphatic heterocycles. The Morgan fingerprint density at radius 2 is 2.15 bits per heavy atom. The predicted octanol–water partition coefficient (Wildman–Crippen LogP) is 3.89. The normalized spacial score (nSPS) is 17.5. The van der Waals surface area contributed by atoms with Crippen molar-refractivity contribution in [3.05, 3.63) is 63.0 Å². The SMILES string of the molecule is C[C@@H]1CCc2c(sc3ncn([C@@H](C)C(=O)OCc4ccccc4)c(=O)c23)C1. The number of carbonyl (C=O) groups excluding carboxylic acids is 1. The molecule has 3 aromatic rings. The fourth-order valence-corrected chi connectivity index (χ4v) is 4.92. The number of hydrogen-bond donors (Lipinski definition) is 0. The second-order valence-corrected chi connectivity index (χ2v) is 8.34. The van der Waals surface area contributed by atoms with Gasteiger partial charge in [0.25, 0.3) is 5.56 Å². The molecule has 0 radical (unpaired) electrons. The standard InChI is InChI=1S/C21H22N2O3S/c1-13-8-9-16-17(10-13)27-19-18(16)20(24)23(12-22-19)14(2)21(25)26-11-15-6-4-3-5-7-15/h3-7,12-14H,8-11H2,1-2H3/t13-,14+/m1/s1. The lowest BCUT2D eigenvalue weighted by Crippen LogP contribution is -2.29. The first-order chi connectivity index (χ1) is 13.0. The average Bonchev–Trinajstić information content (AvgIpc) is 3.05. The number of carbonyl (C=O) groups is 1. The van der Waals surface area contributed by atoms with Crippen LogP contribution in [0.4, 0.5) is 0 Å². The summed E-state index contributed by atoms with van der Waals surface area (Å²) in [5.41, 5.74) is 1.90. The summed E-state index contributed by atoms with van der Waals surface area (Å²) in [4.78, 5) is 32.1. The van der Waals surface area contributed by atoms with Crippen LogP contribution in [0, 0.1) is 5.92 Å². The first-order valence-corrected chi connectivity index (χ1v) is 10.1. The zero-order chi connectivity index (χ0) is 19.0. The van der Waals surface area contributed by atoms with Crippen LogP contribution in [-0.2, 0) is 29.0 Å². The highest BCUT2D eigenvalue weighted by Crippen LogP contribution is 2.35. The Labute approximate surface area is 161 Å². The molecular weight excluding hydrogens is 360 g/mol. The average molecular weight is 382 g/mol. The summed E-state index contributed by atoms with van der Waals surface area (Å²) in [6.07, 6.45) is 4.47. The molecule has 140 valence electrons. The van der Waals surface area contributed by atoms with Gasteiger partial charge in [-0.1, -0.05) is 37.3 Å². The van der Waals surface area contributed by atoms with Crippen LogP contribution in [0.5, 0.6) is 0 Å². The van der Waals surface area contributed by atoms with Gasteiger partial charge in [0.1, 0.15) is 17.5 Å². The van der Waals surface area contributed by atoms with Gasteiger partial charge in [-0.05, 0) is 43.2 Å². The van der Waals surface area contributed by atoms with Crippen molar-refractivity contribution in [2.75, 3.05) is 0 Å². The topological polar surface area (TPSA) is 61.2 Å². The second kappa shape index (κ2) is 7.27.